The molecule has 116 valence electrons. The molecule has 3 aromatic carbocycles. The van der Waals surface area contributed by atoms with E-state index in [-0.39, 0.29) is 5.91 Å². The Kier molecular flexibility index (Phi) is 4.15. The molecule has 0 aromatic heterocycles. The minimum Gasteiger partial charge on any atom is -0.497 e. The van der Waals surface area contributed by atoms with Crippen molar-refractivity contribution in [2.75, 3.05) is 19.5 Å². The molecule has 0 aliphatic carbocycles. The molecule has 0 fully saturated rings. The number of hydrogen-bond donors (Lipinski definition) is 1. The van der Waals surface area contributed by atoms with Crippen LogP contribution in [-0.4, -0.2) is 20.1 Å². The summed E-state index contributed by atoms with van der Waals surface area (Å²) in [6.45, 7) is 0. The molecule has 0 unspecified atom stereocenters. The fourth-order valence-corrected chi connectivity index (χ4v) is 2.48. The second kappa shape index (κ2) is 6.40. The summed E-state index contributed by atoms with van der Waals surface area (Å²) >= 11 is 0. The Morgan fingerprint density at radius 1 is 0.870 bits per heavy atom. The second-order valence-corrected chi connectivity index (χ2v) is 5.05. The Morgan fingerprint density at radius 2 is 1.61 bits per heavy atom. The first kappa shape index (κ1) is 14.9. The first-order valence-corrected chi connectivity index (χ1v) is 7.24. The maximum absolute atomic E-state index is 12.5. The molecule has 23 heavy (non-hydrogen) atoms. The van der Waals surface area contributed by atoms with Crippen LogP contribution in [0, 0.1) is 0 Å². The molecule has 0 heterocycles. The van der Waals surface area contributed by atoms with E-state index in [2.05, 4.69) is 5.32 Å². The predicted octanol–water partition coefficient (Wildman–Crippen LogP) is 4.11. The van der Waals surface area contributed by atoms with Crippen LogP contribution >= 0.6 is 0 Å². The van der Waals surface area contributed by atoms with Crippen molar-refractivity contribution in [3.05, 3.63) is 66.2 Å². The number of nitrogens with one attached hydrogen (secondary N) is 1. The summed E-state index contributed by atoms with van der Waals surface area (Å²) in [5, 5.41) is 4.93. The highest BCUT2D eigenvalue weighted by atomic mass is 16.5. The summed E-state index contributed by atoms with van der Waals surface area (Å²) in [6.07, 6.45) is 0. The van der Waals surface area contributed by atoms with Crippen LogP contribution in [0.2, 0.25) is 0 Å². The maximum atomic E-state index is 12.5. The molecule has 4 nitrogen and oxygen atoms in total. The summed E-state index contributed by atoms with van der Waals surface area (Å²) in [5.41, 5.74) is 1.23. The van der Waals surface area contributed by atoms with Crippen molar-refractivity contribution in [2.24, 2.45) is 0 Å². The van der Waals surface area contributed by atoms with E-state index >= 15 is 0 Å². The zero-order valence-corrected chi connectivity index (χ0v) is 13.0. The largest absolute Gasteiger partial charge is 0.497 e. The van der Waals surface area contributed by atoms with E-state index in [1.54, 1.807) is 38.5 Å². The van der Waals surface area contributed by atoms with E-state index in [9.17, 15) is 4.79 Å². The highest BCUT2D eigenvalue weighted by Gasteiger charge is 2.13. The molecule has 0 atom stereocenters. The summed E-state index contributed by atoms with van der Waals surface area (Å²) in [7, 11) is 3.18. The fourth-order valence-electron chi connectivity index (χ4n) is 2.48. The van der Waals surface area contributed by atoms with Crippen molar-refractivity contribution in [2.45, 2.75) is 0 Å². The first-order valence-electron chi connectivity index (χ1n) is 7.24. The van der Waals surface area contributed by atoms with Gasteiger partial charge in [0.05, 0.1) is 19.9 Å². The van der Waals surface area contributed by atoms with Crippen LogP contribution in [0.25, 0.3) is 10.8 Å². The summed E-state index contributed by atoms with van der Waals surface area (Å²) < 4.78 is 10.5. The van der Waals surface area contributed by atoms with Crippen molar-refractivity contribution in [1.29, 1.82) is 0 Å². The van der Waals surface area contributed by atoms with Crippen molar-refractivity contribution in [1.82, 2.24) is 0 Å². The molecule has 0 spiro atoms. The third-order valence-corrected chi connectivity index (χ3v) is 3.70. The lowest BCUT2D eigenvalue weighted by Crippen LogP contribution is -2.13. The number of benzene rings is 3. The molecule has 3 rings (SSSR count). The summed E-state index contributed by atoms with van der Waals surface area (Å²) in [5.74, 6) is 1.15. The lowest BCUT2D eigenvalue weighted by atomic mass is 10.1. The van der Waals surface area contributed by atoms with Gasteiger partial charge in [0.25, 0.3) is 5.91 Å². The van der Waals surface area contributed by atoms with Crippen molar-refractivity contribution in [3.8, 4) is 11.5 Å². The Labute approximate surface area is 134 Å². The van der Waals surface area contributed by atoms with Gasteiger partial charge in [0.1, 0.15) is 11.5 Å². The van der Waals surface area contributed by atoms with Crippen molar-refractivity contribution < 1.29 is 14.3 Å². The lowest BCUT2D eigenvalue weighted by molar-refractivity contribution is 0.102. The van der Waals surface area contributed by atoms with Crippen LogP contribution in [0.5, 0.6) is 11.5 Å². The van der Waals surface area contributed by atoms with E-state index < -0.39 is 0 Å². The average Bonchev–Trinajstić information content (AvgIpc) is 2.62. The SMILES string of the molecule is COc1ccc(C(=O)Nc2c(OC)ccc3ccccc23)cc1. The molecule has 0 bridgehead atoms. The minimum atomic E-state index is -0.192. The third-order valence-electron chi connectivity index (χ3n) is 3.70. The van der Waals surface area contributed by atoms with Gasteiger partial charge in [-0.25, -0.2) is 0 Å². The molecular weight excluding hydrogens is 290 g/mol. The number of hydrogen-bond acceptors (Lipinski definition) is 3. The van der Waals surface area contributed by atoms with Gasteiger partial charge in [-0.3, -0.25) is 4.79 Å². The van der Waals surface area contributed by atoms with E-state index in [1.807, 2.05) is 36.4 Å². The van der Waals surface area contributed by atoms with Gasteiger partial charge in [-0.1, -0.05) is 30.3 Å². The van der Waals surface area contributed by atoms with Gasteiger partial charge in [0.15, 0.2) is 0 Å². The predicted molar refractivity (Wildman–Crippen MR) is 91.4 cm³/mol. The van der Waals surface area contributed by atoms with Crippen LogP contribution in [-0.2, 0) is 0 Å². The number of ether oxygens (including phenoxy) is 2. The van der Waals surface area contributed by atoms with Crippen LogP contribution in [0.15, 0.2) is 60.7 Å². The quantitative estimate of drug-likeness (QED) is 0.789. The number of fused-ring (bicyclic) bond motifs is 1. The van der Waals surface area contributed by atoms with Crippen LogP contribution < -0.4 is 14.8 Å². The van der Waals surface area contributed by atoms with Crippen LogP contribution in [0.1, 0.15) is 10.4 Å². The Bertz CT molecular complexity index is 841. The van der Waals surface area contributed by atoms with Crippen LogP contribution in [0.4, 0.5) is 5.69 Å². The molecule has 0 saturated heterocycles. The lowest BCUT2D eigenvalue weighted by Gasteiger charge is -2.13. The third kappa shape index (κ3) is 2.97. The van der Waals surface area contributed by atoms with Gasteiger partial charge >= 0.3 is 0 Å². The normalized spacial score (nSPS) is 10.3. The monoisotopic (exact) mass is 307 g/mol. The molecule has 0 aliphatic rings. The molecule has 3 aromatic rings. The molecule has 1 N–H and O–H groups in total. The maximum Gasteiger partial charge on any atom is 0.255 e. The van der Waals surface area contributed by atoms with Gasteiger partial charge in [-0.05, 0) is 35.7 Å². The topological polar surface area (TPSA) is 47.6 Å². The first-order chi connectivity index (χ1) is 11.2. The Balaban J connectivity index is 1.97. The van der Waals surface area contributed by atoms with E-state index in [4.69, 9.17) is 9.47 Å². The molecule has 0 radical (unpaired) electrons. The number of methoxy groups -OCH3 is 2. The minimum absolute atomic E-state index is 0.192. The Morgan fingerprint density at radius 3 is 2.30 bits per heavy atom. The molecule has 4 heteroatoms. The second-order valence-electron chi connectivity index (χ2n) is 5.05. The van der Waals surface area contributed by atoms with Gasteiger partial charge in [0, 0.05) is 10.9 Å². The van der Waals surface area contributed by atoms with Gasteiger partial charge in [-0.15, -0.1) is 0 Å². The molecule has 1 amide bonds. The van der Waals surface area contributed by atoms with Crippen molar-refractivity contribution >= 4 is 22.4 Å². The Hall–Kier alpha value is -3.01. The van der Waals surface area contributed by atoms with Crippen LogP contribution in [0.3, 0.4) is 0 Å². The summed E-state index contributed by atoms with van der Waals surface area (Å²) in [6, 6.07) is 18.7. The number of anilines is 1. The molecular formula is C19H17NO3. The average molecular weight is 307 g/mol. The molecule has 0 aliphatic heterocycles. The van der Waals surface area contributed by atoms with E-state index in [0.717, 1.165) is 10.8 Å². The number of amides is 1. The zero-order valence-electron chi connectivity index (χ0n) is 13.0. The van der Waals surface area contributed by atoms with Gasteiger partial charge in [-0.2, -0.15) is 0 Å². The van der Waals surface area contributed by atoms with E-state index in [1.165, 1.54) is 0 Å². The number of rotatable bonds is 4. The van der Waals surface area contributed by atoms with Gasteiger partial charge < -0.3 is 14.8 Å². The highest BCUT2D eigenvalue weighted by Crippen LogP contribution is 2.33. The van der Waals surface area contributed by atoms with E-state index in [0.29, 0.717) is 22.7 Å². The smallest absolute Gasteiger partial charge is 0.255 e. The molecule has 0 saturated carbocycles. The van der Waals surface area contributed by atoms with Gasteiger partial charge in [0.2, 0.25) is 0 Å². The zero-order chi connectivity index (χ0) is 16.2. The number of carbonyl (C=O) groups excluding carboxylic acids is 1. The number of carbonyl (C=O) groups is 1. The van der Waals surface area contributed by atoms with Crippen molar-refractivity contribution in [3.63, 3.8) is 0 Å². The highest BCUT2D eigenvalue weighted by molar-refractivity contribution is 6.10. The summed E-state index contributed by atoms with van der Waals surface area (Å²) in [4.78, 5) is 12.5. The standard InChI is InChI=1S/C19H17NO3/c1-22-15-10-7-14(8-11-15)19(21)20-18-16-6-4-3-5-13(16)9-12-17(18)23-2/h3-12H,1-2H3,(H,20,21). The fraction of sp³-hybridized carbons (Fsp3) is 0.105.